The van der Waals surface area contributed by atoms with Gasteiger partial charge >= 0.3 is 0 Å². The van der Waals surface area contributed by atoms with E-state index in [1.807, 2.05) is 12.1 Å². The van der Waals surface area contributed by atoms with Crippen LogP contribution in [0.5, 0.6) is 5.75 Å². The number of carbonyl (C=O) groups is 1. The van der Waals surface area contributed by atoms with Crippen LogP contribution in [0.4, 0.5) is 0 Å². The Kier molecular flexibility index (Phi) is 3.41. The number of rotatable bonds is 3. The molecule has 0 saturated heterocycles. The highest BCUT2D eigenvalue weighted by atomic mass is 79.9. The van der Waals surface area contributed by atoms with E-state index in [-0.39, 0.29) is 11.2 Å². The fraction of sp³-hybridized carbons (Fsp3) is 0.632. The highest BCUT2D eigenvalue weighted by Gasteiger charge is 2.53. The van der Waals surface area contributed by atoms with Crippen LogP contribution in [0.1, 0.15) is 61.4 Å². The third-order valence-electron chi connectivity index (χ3n) is 6.27. The van der Waals surface area contributed by atoms with E-state index in [0.29, 0.717) is 0 Å². The van der Waals surface area contributed by atoms with Gasteiger partial charge in [-0.25, -0.2) is 0 Å². The zero-order valence-corrected chi connectivity index (χ0v) is 14.9. The summed E-state index contributed by atoms with van der Waals surface area (Å²) in [4.78, 5) is 12.0. The number of Topliss-reactive ketones (excluding diaryl/α,β-unsaturated/α-hetero) is 1. The van der Waals surface area contributed by atoms with Crippen molar-refractivity contribution in [3.63, 3.8) is 0 Å². The molecule has 3 heteroatoms. The molecule has 0 spiro atoms. The van der Waals surface area contributed by atoms with Crippen LogP contribution in [-0.4, -0.2) is 12.9 Å². The Morgan fingerprint density at radius 2 is 1.68 bits per heavy atom. The van der Waals surface area contributed by atoms with Crippen LogP contribution in [0, 0.1) is 17.8 Å². The summed E-state index contributed by atoms with van der Waals surface area (Å²) < 4.78 is 6.70. The number of carbonyl (C=O) groups excluding carboxylic acids is 1. The van der Waals surface area contributed by atoms with Gasteiger partial charge < -0.3 is 4.74 Å². The fourth-order valence-electron chi connectivity index (χ4n) is 5.91. The second kappa shape index (κ2) is 5.09. The number of methoxy groups -OCH3 is 1. The van der Waals surface area contributed by atoms with Gasteiger partial charge in [0, 0.05) is 21.0 Å². The number of hydrogen-bond acceptors (Lipinski definition) is 2. The number of benzene rings is 1. The second-order valence-electron chi connectivity index (χ2n) is 7.76. The molecule has 0 aromatic heterocycles. The number of halogens is 1. The minimum Gasteiger partial charge on any atom is -0.496 e. The largest absolute Gasteiger partial charge is 0.496 e. The molecule has 0 aliphatic heterocycles. The van der Waals surface area contributed by atoms with Crippen LogP contribution in [-0.2, 0) is 5.41 Å². The van der Waals surface area contributed by atoms with Gasteiger partial charge in [-0.3, -0.25) is 4.79 Å². The molecule has 22 heavy (non-hydrogen) atoms. The Balaban J connectivity index is 1.88. The normalized spacial score (nSPS) is 35.7. The summed E-state index contributed by atoms with van der Waals surface area (Å²) in [6.45, 7) is 1.65. The fourth-order valence-corrected chi connectivity index (χ4v) is 6.94. The summed E-state index contributed by atoms with van der Waals surface area (Å²) in [5.41, 5.74) is 2.30. The van der Waals surface area contributed by atoms with Crippen molar-refractivity contribution in [1.82, 2.24) is 0 Å². The molecule has 0 amide bonds. The van der Waals surface area contributed by atoms with Crippen LogP contribution >= 0.6 is 15.9 Å². The van der Waals surface area contributed by atoms with E-state index in [2.05, 4.69) is 15.9 Å². The molecule has 1 aromatic carbocycles. The average molecular weight is 363 g/mol. The lowest BCUT2D eigenvalue weighted by molar-refractivity contribution is -0.00651. The topological polar surface area (TPSA) is 26.3 Å². The second-order valence-corrected chi connectivity index (χ2v) is 8.55. The Hall–Kier alpha value is -0.830. The number of ketones is 1. The Bertz CT molecular complexity index is 599. The monoisotopic (exact) mass is 362 g/mol. The van der Waals surface area contributed by atoms with Crippen molar-refractivity contribution in [1.29, 1.82) is 0 Å². The lowest BCUT2D eigenvalue weighted by Gasteiger charge is -2.57. The molecule has 4 fully saturated rings. The Labute approximate surface area is 140 Å². The van der Waals surface area contributed by atoms with Gasteiger partial charge in [-0.05, 0) is 91.3 Å². The van der Waals surface area contributed by atoms with E-state index in [9.17, 15) is 4.79 Å². The molecule has 0 radical (unpaired) electrons. The third kappa shape index (κ3) is 2.08. The molecule has 5 rings (SSSR count). The smallest absolute Gasteiger partial charge is 0.160 e. The first kappa shape index (κ1) is 14.7. The lowest BCUT2D eigenvalue weighted by Crippen LogP contribution is -2.48. The maximum atomic E-state index is 12.0. The van der Waals surface area contributed by atoms with Crippen LogP contribution in [0.2, 0.25) is 0 Å². The molecule has 4 bridgehead atoms. The van der Waals surface area contributed by atoms with Gasteiger partial charge in [-0.1, -0.05) is 0 Å². The molecular weight excluding hydrogens is 340 g/mol. The minimum atomic E-state index is 0.125. The molecule has 0 N–H and O–H groups in total. The molecule has 0 heterocycles. The maximum Gasteiger partial charge on any atom is 0.160 e. The Morgan fingerprint density at radius 3 is 2.14 bits per heavy atom. The van der Waals surface area contributed by atoms with Crippen molar-refractivity contribution >= 4 is 21.7 Å². The predicted octanol–water partition coefficient (Wildman–Crippen LogP) is 5.13. The van der Waals surface area contributed by atoms with Crippen LogP contribution in [0.3, 0.4) is 0 Å². The highest BCUT2D eigenvalue weighted by Crippen LogP contribution is 2.63. The van der Waals surface area contributed by atoms with Crippen molar-refractivity contribution in [3.05, 3.63) is 27.7 Å². The average Bonchev–Trinajstić information content (AvgIpc) is 2.44. The molecular formula is C19H23BrO2. The first-order valence-corrected chi connectivity index (χ1v) is 9.19. The van der Waals surface area contributed by atoms with Crippen LogP contribution < -0.4 is 4.74 Å². The summed E-state index contributed by atoms with van der Waals surface area (Å²) >= 11 is 3.76. The first-order valence-electron chi connectivity index (χ1n) is 8.40. The maximum absolute atomic E-state index is 12.0. The van der Waals surface area contributed by atoms with Gasteiger partial charge in [0.05, 0.1) is 7.11 Å². The molecule has 4 aliphatic rings. The first-order chi connectivity index (χ1) is 10.5. The summed E-state index contributed by atoms with van der Waals surface area (Å²) in [5, 5.41) is 0. The third-order valence-corrected chi connectivity index (χ3v) is 7.10. The van der Waals surface area contributed by atoms with Gasteiger partial charge in [0.15, 0.2) is 5.78 Å². The van der Waals surface area contributed by atoms with Gasteiger partial charge in [-0.2, -0.15) is 0 Å². The van der Waals surface area contributed by atoms with Crippen molar-refractivity contribution in [2.24, 2.45) is 17.8 Å². The standard InChI is InChI=1S/C19H23BrO2/c1-11(21)15-3-4-16(22-2)17(18(15)20)19-8-12-5-13(9-19)7-14(6-12)10-19/h3-4,12-14H,5-10H2,1-2H3. The van der Waals surface area contributed by atoms with Crippen molar-refractivity contribution in [2.75, 3.05) is 7.11 Å². The summed E-state index contributed by atoms with van der Waals surface area (Å²) in [7, 11) is 1.75. The zero-order valence-electron chi connectivity index (χ0n) is 13.3. The van der Waals surface area contributed by atoms with E-state index < -0.39 is 0 Å². The Morgan fingerprint density at radius 1 is 1.14 bits per heavy atom. The minimum absolute atomic E-state index is 0.125. The van der Waals surface area contributed by atoms with E-state index in [0.717, 1.165) is 33.5 Å². The highest BCUT2D eigenvalue weighted by molar-refractivity contribution is 9.10. The zero-order chi connectivity index (χ0) is 15.5. The lowest BCUT2D eigenvalue weighted by atomic mass is 9.48. The van der Waals surface area contributed by atoms with Crippen LogP contribution in [0.15, 0.2) is 16.6 Å². The number of hydrogen-bond donors (Lipinski definition) is 0. The van der Waals surface area contributed by atoms with Crippen molar-refractivity contribution < 1.29 is 9.53 Å². The molecule has 0 atom stereocenters. The molecule has 0 unspecified atom stereocenters. The van der Waals surface area contributed by atoms with Crippen molar-refractivity contribution in [3.8, 4) is 5.75 Å². The molecule has 1 aromatic rings. The van der Waals surface area contributed by atoms with E-state index in [1.54, 1.807) is 14.0 Å². The van der Waals surface area contributed by atoms with E-state index in [1.165, 1.54) is 44.1 Å². The predicted molar refractivity (Wildman–Crippen MR) is 90.5 cm³/mol. The summed E-state index contributed by atoms with van der Waals surface area (Å²) in [6, 6.07) is 3.89. The molecule has 2 nitrogen and oxygen atoms in total. The summed E-state index contributed by atoms with van der Waals surface area (Å²) in [6.07, 6.45) is 8.09. The van der Waals surface area contributed by atoms with Gasteiger partial charge in [0.25, 0.3) is 0 Å². The molecule has 118 valence electrons. The van der Waals surface area contributed by atoms with E-state index >= 15 is 0 Å². The van der Waals surface area contributed by atoms with Crippen LogP contribution in [0.25, 0.3) is 0 Å². The quantitative estimate of drug-likeness (QED) is 0.696. The van der Waals surface area contributed by atoms with Crippen molar-refractivity contribution in [2.45, 2.75) is 50.9 Å². The SMILES string of the molecule is COc1ccc(C(C)=O)c(Br)c1C12CC3CC(CC(C3)C1)C2. The van der Waals surface area contributed by atoms with Gasteiger partial charge in [0.2, 0.25) is 0 Å². The summed E-state index contributed by atoms with van der Waals surface area (Å²) in [5.74, 6) is 3.72. The number of ether oxygens (including phenoxy) is 1. The molecule has 4 saturated carbocycles. The van der Waals surface area contributed by atoms with E-state index in [4.69, 9.17) is 4.74 Å². The molecule has 4 aliphatic carbocycles. The van der Waals surface area contributed by atoms with Gasteiger partial charge in [-0.15, -0.1) is 0 Å². The van der Waals surface area contributed by atoms with Gasteiger partial charge in [0.1, 0.15) is 5.75 Å².